The van der Waals surface area contributed by atoms with Crippen LogP contribution in [-0.4, -0.2) is 0 Å². The molecule has 1 heteroatoms. The van der Waals surface area contributed by atoms with E-state index < -0.39 is 0 Å². The third-order valence-electron chi connectivity index (χ3n) is 0.930. The molecule has 0 fully saturated rings. The van der Waals surface area contributed by atoms with Crippen molar-refractivity contribution in [2.24, 2.45) is 0 Å². The second kappa shape index (κ2) is 0.535. The molecule has 1 nitrogen and oxygen atoms in total. The van der Waals surface area contributed by atoms with Gasteiger partial charge in [0.05, 0.1) is 12.7 Å². The summed E-state index contributed by atoms with van der Waals surface area (Å²) in [4.78, 5) is 0. The van der Waals surface area contributed by atoms with Crippen molar-refractivity contribution in [2.45, 2.75) is 0 Å². The number of hydrogen-bond acceptors (Lipinski definition) is 1. The molecule has 0 saturated carbocycles. The van der Waals surface area contributed by atoms with Crippen LogP contribution in [0.15, 0.2) is 16.7 Å². The quantitative estimate of drug-likeness (QED) is 0.462. The molecule has 2 rings (SSSR count). The minimum absolute atomic E-state index is 1.05. The Hall–Kier alpha value is -0.720. The summed E-state index contributed by atoms with van der Waals surface area (Å²) in [7, 11) is 0. The van der Waals surface area contributed by atoms with Gasteiger partial charge in [-0.2, -0.15) is 0 Å². The summed E-state index contributed by atoms with van der Waals surface area (Å²) in [6.45, 7) is 0. The van der Waals surface area contributed by atoms with Gasteiger partial charge in [0.1, 0.15) is 5.76 Å². The molecular weight excluding hydrogens is 76.1 g/mol. The van der Waals surface area contributed by atoms with Crippen LogP contribution in [0.1, 0.15) is 11.3 Å². The van der Waals surface area contributed by atoms with Crippen LogP contribution in [0.5, 0.6) is 0 Å². The summed E-state index contributed by atoms with van der Waals surface area (Å²) in [6, 6.07) is 1.95. The van der Waals surface area contributed by atoms with Gasteiger partial charge in [-0.25, -0.2) is 0 Å². The summed E-state index contributed by atoms with van der Waals surface area (Å²) in [5.41, 5.74) is 1.26. The zero-order valence-corrected chi connectivity index (χ0v) is 3.14. The molecule has 1 radical (unpaired) electrons. The lowest BCUT2D eigenvalue weighted by Gasteiger charge is -1.61. The molecule has 0 aliphatic heterocycles. The monoisotopic (exact) mass is 79.0 g/mol. The highest BCUT2D eigenvalue weighted by Crippen LogP contribution is 2.30. The highest BCUT2D eigenvalue weighted by Gasteiger charge is 2.19. The van der Waals surface area contributed by atoms with Crippen LogP contribution in [0.3, 0.4) is 0 Å². The number of hydrogen-bond donors (Lipinski definition) is 0. The molecule has 0 amide bonds. The molecule has 0 spiro atoms. The second-order valence-corrected chi connectivity index (χ2v) is 1.38. The molecular formula is C5H3O. The van der Waals surface area contributed by atoms with Gasteiger partial charge in [0.25, 0.3) is 0 Å². The van der Waals surface area contributed by atoms with Crippen LogP contribution in [-0.2, 0) is 0 Å². The minimum atomic E-state index is 1.05. The number of rotatable bonds is 0. The molecule has 0 unspecified atom stereocenters. The Kier molecular flexibility index (Phi) is 0.219. The lowest BCUT2D eigenvalue weighted by Crippen LogP contribution is -1.39. The van der Waals surface area contributed by atoms with Gasteiger partial charge in [0.15, 0.2) is 0 Å². The maximum Gasteiger partial charge on any atom is 0.116 e. The molecule has 1 heterocycles. The van der Waals surface area contributed by atoms with Crippen LogP contribution in [0.25, 0.3) is 0 Å². The number of fused-ring (bicyclic) bond motifs is 1. The summed E-state index contributed by atoms with van der Waals surface area (Å²) in [5.74, 6) is 1.05. The van der Waals surface area contributed by atoms with Crippen LogP contribution < -0.4 is 0 Å². The van der Waals surface area contributed by atoms with E-state index in [4.69, 9.17) is 4.42 Å². The number of furan rings is 1. The normalized spacial score (nSPS) is 14.0. The van der Waals surface area contributed by atoms with Crippen molar-refractivity contribution in [1.29, 1.82) is 0 Å². The Labute approximate surface area is 35.6 Å². The van der Waals surface area contributed by atoms with Gasteiger partial charge in [-0.3, -0.25) is 0 Å². The van der Waals surface area contributed by atoms with Gasteiger partial charge in [0.2, 0.25) is 0 Å². The maximum absolute atomic E-state index is 4.87. The average Bonchev–Trinajstić information content (AvgIpc) is 2.17. The summed E-state index contributed by atoms with van der Waals surface area (Å²) in [6.07, 6.45) is 3.70. The van der Waals surface area contributed by atoms with Gasteiger partial charge in [-0.05, 0) is 6.07 Å². The Morgan fingerprint density at radius 1 is 1.50 bits per heavy atom. The molecule has 1 aliphatic rings. The smallest absolute Gasteiger partial charge is 0.116 e. The topological polar surface area (TPSA) is 13.1 Å². The average molecular weight is 79.1 g/mol. The predicted molar refractivity (Wildman–Crippen MR) is 21.2 cm³/mol. The van der Waals surface area contributed by atoms with E-state index in [9.17, 15) is 0 Å². The maximum atomic E-state index is 4.87. The van der Waals surface area contributed by atoms with Crippen molar-refractivity contribution in [3.63, 3.8) is 0 Å². The first kappa shape index (κ1) is 2.45. The van der Waals surface area contributed by atoms with Crippen LogP contribution in [0.4, 0.5) is 0 Å². The standard InChI is InChI=1S/C5H3O/c1-2-6-5-3-4(1)5/h1-3H. The third-order valence-corrected chi connectivity index (χ3v) is 0.930. The van der Waals surface area contributed by atoms with Crippen molar-refractivity contribution in [2.75, 3.05) is 0 Å². The highest BCUT2D eigenvalue weighted by molar-refractivity contribution is 5.51. The van der Waals surface area contributed by atoms with Crippen molar-refractivity contribution in [3.8, 4) is 0 Å². The van der Waals surface area contributed by atoms with E-state index in [0.717, 1.165) is 5.76 Å². The van der Waals surface area contributed by atoms with Crippen molar-refractivity contribution in [1.82, 2.24) is 0 Å². The Bertz CT molecular complexity index is 148. The first-order chi connectivity index (χ1) is 2.97. The molecule has 1 aromatic rings. The van der Waals surface area contributed by atoms with E-state index in [1.54, 1.807) is 6.26 Å². The van der Waals surface area contributed by atoms with Crippen molar-refractivity contribution >= 4 is 0 Å². The van der Waals surface area contributed by atoms with Crippen molar-refractivity contribution in [3.05, 3.63) is 30.1 Å². The lowest BCUT2D eigenvalue weighted by atomic mass is 10.6. The molecule has 1 aliphatic carbocycles. The van der Waals surface area contributed by atoms with E-state index in [2.05, 4.69) is 0 Å². The fourth-order valence-corrected chi connectivity index (χ4v) is 0.518. The second-order valence-electron chi connectivity index (χ2n) is 1.38. The SMILES string of the molecule is [CH]1c2ccoc21. The Morgan fingerprint density at radius 2 is 2.50 bits per heavy atom. The zero-order chi connectivity index (χ0) is 3.98. The predicted octanol–water partition coefficient (Wildman–Crippen LogP) is 1.19. The molecule has 0 atom stereocenters. The molecule has 0 aromatic carbocycles. The third kappa shape index (κ3) is 0.134. The highest BCUT2D eigenvalue weighted by atomic mass is 16.3. The van der Waals surface area contributed by atoms with E-state index in [1.165, 1.54) is 5.56 Å². The van der Waals surface area contributed by atoms with Gasteiger partial charge >= 0.3 is 0 Å². The van der Waals surface area contributed by atoms with Crippen LogP contribution in [0.2, 0.25) is 0 Å². The van der Waals surface area contributed by atoms with Gasteiger partial charge in [-0.15, -0.1) is 0 Å². The molecule has 0 bridgehead atoms. The first-order valence-electron chi connectivity index (χ1n) is 1.89. The van der Waals surface area contributed by atoms with Crippen molar-refractivity contribution < 1.29 is 4.42 Å². The Balaban J connectivity index is 2.88. The molecule has 0 saturated heterocycles. The fraction of sp³-hybridized carbons (Fsp3) is 0. The molecule has 1 aromatic heterocycles. The molecule has 0 N–H and O–H groups in total. The largest absolute Gasteiger partial charge is 0.468 e. The van der Waals surface area contributed by atoms with E-state index >= 15 is 0 Å². The van der Waals surface area contributed by atoms with Gasteiger partial charge < -0.3 is 4.42 Å². The van der Waals surface area contributed by atoms with Crippen LogP contribution in [0, 0.1) is 6.42 Å². The van der Waals surface area contributed by atoms with Crippen LogP contribution >= 0.6 is 0 Å². The molecule has 29 valence electrons. The first-order valence-corrected chi connectivity index (χ1v) is 1.89. The summed E-state index contributed by atoms with van der Waals surface area (Å²) in [5, 5.41) is 0. The Morgan fingerprint density at radius 3 is 2.67 bits per heavy atom. The summed E-state index contributed by atoms with van der Waals surface area (Å²) < 4.78 is 4.87. The van der Waals surface area contributed by atoms with E-state index in [0.29, 0.717) is 0 Å². The molecule has 6 heavy (non-hydrogen) atoms. The van der Waals surface area contributed by atoms with Gasteiger partial charge in [-0.1, -0.05) is 0 Å². The fourth-order valence-electron chi connectivity index (χ4n) is 0.518. The minimum Gasteiger partial charge on any atom is -0.468 e. The van der Waals surface area contributed by atoms with E-state index in [1.807, 2.05) is 12.5 Å². The summed E-state index contributed by atoms with van der Waals surface area (Å²) >= 11 is 0. The lowest BCUT2D eigenvalue weighted by molar-refractivity contribution is 0.559. The van der Waals surface area contributed by atoms with Gasteiger partial charge in [0, 0.05) is 5.56 Å². The zero-order valence-electron chi connectivity index (χ0n) is 3.14. The van der Waals surface area contributed by atoms with E-state index in [-0.39, 0.29) is 0 Å².